The number of rotatable bonds is 3. The topological polar surface area (TPSA) is 38.9 Å². The molecule has 0 bridgehead atoms. The van der Waals surface area contributed by atoms with E-state index in [0.29, 0.717) is 5.89 Å². The van der Waals surface area contributed by atoms with E-state index in [2.05, 4.69) is 10.2 Å². The number of benzene rings is 2. The van der Waals surface area contributed by atoms with Crippen LogP contribution in [0.15, 0.2) is 65.1 Å². The minimum atomic E-state index is -0.550. The molecule has 1 aromatic heterocycles. The molecule has 0 aliphatic heterocycles. The fraction of sp³-hybridized carbons (Fsp3) is 0. The highest BCUT2D eigenvalue weighted by atomic mass is 19.1. The molecule has 3 nitrogen and oxygen atoms in total. The molecule has 0 saturated carbocycles. The Morgan fingerprint density at radius 3 is 2.25 bits per heavy atom. The molecule has 2 aromatic carbocycles. The number of nitrogens with zero attached hydrogens (tertiary/aromatic N) is 2. The molecule has 0 fully saturated rings. The van der Waals surface area contributed by atoms with Crippen molar-refractivity contribution >= 4 is 11.9 Å². The maximum Gasteiger partial charge on any atom is 0.276 e. The Morgan fingerprint density at radius 1 is 0.900 bits per heavy atom. The van der Waals surface area contributed by atoms with E-state index in [4.69, 9.17) is 4.42 Å². The number of halogens is 1. The Bertz CT molecular complexity index is 721. The summed E-state index contributed by atoms with van der Waals surface area (Å²) in [4.78, 5) is 0. The number of hydrogen-bond acceptors (Lipinski definition) is 3. The van der Waals surface area contributed by atoms with E-state index < -0.39 is 5.83 Å². The second kappa shape index (κ2) is 5.48. The predicted molar refractivity (Wildman–Crippen MR) is 75.2 cm³/mol. The average molecular weight is 266 g/mol. The molecule has 0 radical (unpaired) electrons. The third-order valence-electron chi connectivity index (χ3n) is 2.74. The first-order chi connectivity index (χ1) is 9.83. The lowest BCUT2D eigenvalue weighted by Crippen LogP contribution is -1.78. The number of aromatic nitrogens is 2. The van der Waals surface area contributed by atoms with Gasteiger partial charge in [-0.05, 0) is 23.8 Å². The summed E-state index contributed by atoms with van der Waals surface area (Å²) < 4.78 is 19.4. The quantitative estimate of drug-likeness (QED) is 0.713. The van der Waals surface area contributed by atoms with Crippen LogP contribution in [0.1, 0.15) is 11.5 Å². The van der Waals surface area contributed by atoms with Gasteiger partial charge in [-0.15, -0.1) is 10.2 Å². The van der Waals surface area contributed by atoms with Gasteiger partial charge in [0.25, 0.3) is 5.89 Å². The van der Waals surface area contributed by atoms with E-state index >= 15 is 0 Å². The van der Waals surface area contributed by atoms with Crippen LogP contribution in [0.2, 0.25) is 0 Å². The van der Waals surface area contributed by atoms with Crippen molar-refractivity contribution in [3.05, 3.63) is 72.1 Å². The fourth-order valence-corrected chi connectivity index (χ4v) is 1.77. The van der Waals surface area contributed by atoms with Crippen molar-refractivity contribution in [1.29, 1.82) is 0 Å². The normalized spacial score (nSPS) is 11.6. The summed E-state index contributed by atoms with van der Waals surface area (Å²) in [6.45, 7) is 0. The summed E-state index contributed by atoms with van der Waals surface area (Å²) in [5.41, 5.74) is 1.50. The van der Waals surface area contributed by atoms with Gasteiger partial charge in [0.05, 0.1) is 0 Å². The van der Waals surface area contributed by atoms with Crippen LogP contribution in [-0.2, 0) is 0 Å². The number of hydrogen-bond donors (Lipinski definition) is 0. The van der Waals surface area contributed by atoms with Crippen LogP contribution >= 0.6 is 0 Å². The first-order valence-electron chi connectivity index (χ1n) is 6.14. The van der Waals surface area contributed by atoms with Crippen LogP contribution in [0.5, 0.6) is 0 Å². The van der Waals surface area contributed by atoms with Crippen LogP contribution in [0.3, 0.4) is 0 Å². The summed E-state index contributed by atoms with van der Waals surface area (Å²) in [7, 11) is 0. The molecule has 0 aliphatic carbocycles. The Balaban J connectivity index is 1.89. The maximum atomic E-state index is 14.0. The molecule has 0 N–H and O–H groups in total. The third-order valence-corrected chi connectivity index (χ3v) is 2.74. The molecular formula is C16H11FN2O. The van der Waals surface area contributed by atoms with Gasteiger partial charge in [0.15, 0.2) is 5.83 Å². The van der Waals surface area contributed by atoms with Crippen LogP contribution in [0.4, 0.5) is 4.39 Å². The van der Waals surface area contributed by atoms with Crippen LogP contribution in [-0.4, -0.2) is 10.2 Å². The van der Waals surface area contributed by atoms with E-state index in [1.807, 2.05) is 48.5 Å². The maximum absolute atomic E-state index is 14.0. The Morgan fingerprint density at radius 2 is 1.55 bits per heavy atom. The van der Waals surface area contributed by atoms with Gasteiger partial charge in [-0.3, -0.25) is 0 Å². The van der Waals surface area contributed by atoms with Crippen LogP contribution in [0, 0.1) is 0 Å². The average Bonchev–Trinajstić information content (AvgIpc) is 2.99. The Hall–Kier alpha value is -2.75. The molecule has 1 heterocycles. The van der Waals surface area contributed by atoms with E-state index in [9.17, 15) is 4.39 Å². The molecule has 0 spiro atoms. The summed E-state index contributed by atoms with van der Waals surface area (Å²) in [6, 6.07) is 18.4. The summed E-state index contributed by atoms with van der Waals surface area (Å²) in [5, 5.41) is 7.58. The van der Waals surface area contributed by atoms with Gasteiger partial charge < -0.3 is 4.42 Å². The van der Waals surface area contributed by atoms with Gasteiger partial charge in [0, 0.05) is 5.56 Å². The minimum absolute atomic E-state index is 0.118. The summed E-state index contributed by atoms with van der Waals surface area (Å²) >= 11 is 0. The second-order valence-electron chi connectivity index (χ2n) is 4.18. The van der Waals surface area contributed by atoms with Crippen molar-refractivity contribution in [2.75, 3.05) is 0 Å². The minimum Gasteiger partial charge on any atom is -0.414 e. The smallest absolute Gasteiger partial charge is 0.276 e. The Labute approximate surface area is 115 Å². The molecule has 0 saturated heterocycles. The van der Waals surface area contributed by atoms with Gasteiger partial charge in [-0.2, -0.15) is 0 Å². The van der Waals surface area contributed by atoms with E-state index in [1.54, 1.807) is 12.1 Å². The van der Waals surface area contributed by atoms with Gasteiger partial charge >= 0.3 is 0 Å². The zero-order chi connectivity index (χ0) is 13.8. The van der Waals surface area contributed by atoms with Crippen molar-refractivity contribution in [2.45, 2.75) is 0 Å². The molecule has 0 aliphatic rings. The molecule has 0 atom stereocenters. The molecule has 3 rings (SSSR count). The van der Waals surface area contributed by atoms with E-state index in [-0.39, 0.29) is 5.89 Å². The van der Waals surface area contributed by atoms with E-state index in [1.165, 1.54) is 6.08 Å². The molecule has 20 heavy (non-hydrogen) atoms. The lowest BCUT2D eigenvalue weighted by atomic mass is 10.2. The first-order valence-corrected chi connectivity index (χ1v) is 6.14. The SMILES string of the molecule is F/C(=C\c1ccccc1)c1nnc(-c2ccccc2)o1. The molecule has 0 unspecified atom stereocenters. The zero-order valence-electron chi connectivity index (χ0n) is 10.5. The highest BCUT2D eigenvalue weighted by Gasteiger charge is 2.12. The van der Waals surface area contributed by atoms with Crippen molar-refractivity contribution < 1.29 is 8.81 Å². The van der Waals surface area contributed by atoms with Gasteiger partial charge in [-0.25, -0.2) is 4.39 Å². The largest absolute Gasteiger partial charge is 0.414 e. The highest BCUT2D eigenvalue weighted by Crippen LogP contribution is 2.23. The van der Waals surface area contributed by atoms with E-state index in [0.717, 1.165) is 11.1 Å². The lowest BCUT2D eigenvalue weighted by Gasteiger charge is -1.93. The molecule has 3 aromatic rings. The monoisotopic (exact) mass is 266 g/mol. The highest BCUT2D eigenvalue weighted by molar-refractivity contribution is 5.73. The Kier molecular flexibility index (Phi) is 3.37. The van der Waals surface area contributed by atoms with Gasteiger partial charge in [-0.1, -0.05) is 48.5 Å². The molecule has 0 amide bonds. The van der Waals surface area contributed by atoms with Crippen molar-refractivity contribution in [1.82, 2.24) is 10.2 Å². The zero-order valence-corrected chi connectivity index (χ0v) is 10.5. The molecule has 98 valence electrons. The lowest BCUT2D eigenvalue weighted by molar-refractivity contribution is 0.531. The van der Waals surface area contributed by atoms with Crippen LogP contribution in [0.25, 0.3) is 23.4 Å². The summed E-state index contributed by atoms with van der Waals surface area (Å²) in [5.74, 6) is -0.365. The second-order valence-corrected chi connectivity index (χ2v) is 4.18. The molecular weight excluding hydrogens is 255 g/mol. The van der Waals surface area contributed by atoms with Crippen molar-refractivity contribution in [3.8, 4) is 11.5 Å². The summed E-state index contributed by atoms with van der Waals surface area (Å²) in [6.07, 6.45) is 1.36. The van der Waals surface area contributed by atoms with Crippen molar-refractivity contribution in [2.24, 2.45) is 0 Å². The first kappa shape index (κ1) is 12.3. The standard InChI is InChI=1S/C16H11FN2O/c17-14(11-12-7-3-1-4-8-12)16-19-18-15(20-16)13-9-5-2-6-10-13/h1-11H/b14-11-. The van der Waals surface area contributed by atoms with Crippen molar-refractivity contribution in [3.63, 3.8) is 0 Å². The van der Waals surface area contributed by atoms with Gasteiger partial charge in [0.1, 0.15) is 0 Å². The van der Waals surface area contributed by atoms with Gasteiger partial charge in [0.2, 0.25) is 5.89 Å². The van der Waals surface area contributed by atoms with Crippen LogP contribution < -0.4 is 0 Å². The predicted octanol–water partition coefficient (Wildman–Crippen LogP) is 4.20. The third kappa shape index (κ3) is 2.64. The molecule has 4 heteroatoms. The fourth-order valence-electron chi connectivity index (χ4n) is 1.77.